The average molecular weight is 208 g/mol. The molecule has 1 aromatic carbocycles. The minimum Gasteiger partial charge on any atom is -0.493 e. The molecule has 1 aromatic rings. The van der Waals surface area contributed by atoms with Gasteiger partial charge in [0, 0.05) is 10.8 Å². The Morgan fingerprint density at radius 1 is 1.36 bits per heavy atom. The fourth-order valence-corrected chi connectivity index (χ4v) is 3.01. The van der Waals surface area contributed by atoms with Gasteiger partial charge in [0.25, 0.3) is 0 Å². The minimum atomic E-state index is 0.625. The molecule has 1 aliphatic rings. The van der Waals surface area contributed by atoms with Crippen LogP contribution >= 0.6 is 11.8 Å². The number of benzene rings is 1. The number of hydrogen-bond donors (Lipinski definition) is 0. The normalized spacial score (nSPS) is 20.4. The Hall–Kier alpha value is -0.630. The van der Waals surface area contributed by atoms with Gasteiger partial charge in [-0.2, -0.15) is 11.8 Å². The lowest BCUT2D eigenvalue weighted by molar-refractivity contribution is 0.286. The molecular weight excluding hydrogens is 192 g/mol. The first-order valence-electron chi connectivity index (χ1n) is 5.14. The molecule has 1 nitrogen and oxygen atoms in total. The summed E-state index contributed by atoms with van der Waals surface area (Å²) < 4.78 is 5.62. The molecular formula is C12H16OS. The van der Waals surface area contributed by atoms with Crippen LogP contribution < -0.4 is 4.74 Å². The van der Waals surface area contributed by atoms with E-state index in [0.717, 1.165) is 18.8 Å². The summed E-state index contributed by atoms with van der Waals surface area (Å²) >= 11 is 2.04. The number of ether oxygens (including phenoxy) is 1. The minimum absolute atomic E-state index is 0.625. The number of fused-ring (bicyclic) bond motifs is 1. The van der Waals surface area contributed by atoms with Gasteiger partial charge in [0.1, 0.15) is 5.75 Å². The van der Waals surface area contributed by atoms with Crippen LogP contribution in [-0.4, -0.2) is 11.9 Å². The molecule has 0 fully saturated rings. The van der Waals surface area contributed by atoms with Gasteiger partial charge in [0.05, 0.1) is 6.61 Å². The maximum Gasteiger partial charge on any atom is 0.123 e. The highest BCUT2D eigenvalue weighted by atomic mass is 32.2. The van der Waals surface area contributed by atoms with E-state index in [9.17, 15) is 0 Å². The monoisotopic (exact) mass is 208 g/mol. The van der Waals surface area contributed by atoms with E-state index in [2.05, 4.69) is 32.0 Å². The number of para-hydroxylation sites is 1. The standard InChI is InChI=1S/C12H16OS/c1-9(2)14-12-7-8-13-11-6-4-3-5-10(11)12/h3-6,9,12H,7-8H2,1-2H3. The lowest BCUT2D eigenvalue weighted by atomic mass is 10.1. The molecule has 0 bridgehead atoms. The first kappa shape index (κ1) is 9.91. The Morgan fingerprint density at radius 2 is 2.14 bits per heavy atom. The van der Waals surface area contributed by atoms with Crippen molar-refractivity contribution in [3.63, 3.8) is 0 Å². The fourth-order valence-electron chi connectivity index (χ4n) is 1.78. The smallest absolute Gasteiger partial charge is 0.123 e. The molecule has 76 valence electrons. The second kappa shape index (κ2) is 4.26. The van der Waals surface area contributed by atoms with Crippen LogP contribution in [0.1, 0.15) is 31.1 Å². The molecule has 0 N–H and O–H groups in total. The Labute approximate surface area is 89.9 Å². The van der Waals surface area contributed by atoms with Crippen molar-refractivity contribution in [2.24, 2.45) is 0 Å². The van der Waals surface area contributed by atoms with Gasteiger partial charge in [-0.1, -0.05) is 32.0 Å². The number of thioether (sulfide) groups is 1. The van der Waals surface area contributed by atoms with Gasteiger partial charge in [0.2, 0.25) is 0 Å². The first-order valence-corrected chi connectivity index (χ1v) is 6.09. The van der Waals surface area contributed by atoms with Crippen molar-refractivity contribution in [3.05, 3.63) is 29.8 Å². The van der Waals surface area contributed by atoms with E-state index in [0.29, 0.717) is 10.5 Å². The van der Waals surface area contributed by atoms with Gasteiger partial charge in [-0.15, -0.1) is 0 Å². The molecule has 1 unspecified atom stereocenters. The molecule has 0 aliphatic carbocycles. The maximum atomic E-state index is 5.62. The second-order valence-electron chi connectivity index (χ2n) is 3.85. The van der Waals surface area contributed by atoms with Gasteiger partial charge in [-0.3, -0.25) is 0 Å². The molecule has 2 heteroatoms. The summed E-state index contributed by atoms with van der Waals surface area (Å²) in [5.74, 6) is 1.08. The lowest BCUT2D eigenvalue weighted by Crippen LogP contribution is -2.13. The highest BCUT2D eigenvalue weighted by Gasteiger charge is 2.21. The summed E-state index contributed by atoms with van der Waals surface area (Å²) in [5.41, 5.74) is 1.37. The predicted molar refractivity (Wildman–Crippen MR) is 62.0 cm³/mol. The molecule has 1 aliphatic heterocycles. The zero-order chi connectivity index (χ0) is 9.97. The van der Waals surface area contributed by atoms with Crippen molar-refractivity contribution in [1.82, 2.24) is 0 Å². The third-order valence-corrected chi connectivity index (χ3v) is 3.70. The maximum absolute atomic E-state index is 5.62. The molecule has 0 saturated heterocycles. The number of hydrogen-bond acceptors (Lipinski definition) is 2. The first-order chi connectivity index (χ1) is 6.77. The van der Waals surface area contributed by atoms with Crippen LogP contribution in [0.15, 0.2) is 24.3 Å². The van der Waals surface area contributed by atoms with E-state index in [1.165, 1.54) is 5.56 Å². The van der Waals surface area contributed by atoms with E-state index >= 15 is 0 Å². The Morgan fingerprint density at radius 3 is 2.93 bits per heavy atom. The van der Waals surface area contributed by atoms with Crippen molar-refractivity contribution in [2.75, 3.05) is 6.61 Å². The van der Waals surface area contributed by atoms with Crippen molar-refractivity contribution in [3.8, 4) is 5.75 Å². The van der Waals surface area contributed by atoms with Crippen LogP contribution in [0.25, 0.3) is 0 Å². The van der Waals surface area contributed by atoms with Crippen LogP contribution in [0.4, 0.5) is 0 Å². The second-order valence-corrected chi connectivity index (χ2v) is 5.63. The van der Waals surface area contributed by atoms with Gasteiger partial charge in [0.15, 0.2) is 0 Å². The van der Waals surface area contributed by atoms with Gasteiger partial charge >= 0.3 is 0 Å². The summed E-state index contributed by atoms with van der Waals surface area (Å²) in [5, 5.41) is 1.31. The molecule has 2 rings (SSSR count). The highest BCUT2D eigenvalue weighted by molar-refractivity contribution is 8.00. The van der Waals surface area contributed by atoms with Crippen LogP contribution in [0.3, 0.4) is 0 Å². The zero-order valence-corrected chi connectivity index (χ0v) is 9.51. The molecule has 0 spiro atoms. The highest BCUT2D eigenvalue weighted by Crippen LogP contribution is 2.42. The van der Waals surface area contributed by atoms with Gasteiger partial charge in [-0.25, -0.2) is 0 Å². The van der Waals surface area contributed by atoms with E-state index in [1.54, 1.807) is 0 Å². The van der Waals surface area contributed by atoms with Crippen LogP contribution in [0.2, 0.25) is 0 Å². The third kappa shape index (κ3) is 2.06. The lowest BCUT2D eigenvalue weighted by Gasteiger charge is -2.26. The summed E-state index contributed by atoms with van der Waals surface area (Å²) in [7, 11) is 0. The van der Waals surface area contributed by atoms with E-state index in [-0.39, 0.29) is 0 Å². The van der Waals surface area contributed by atoms with Crippen molar-refractivity contribution >= 4 is 11.8 Å². The quantitative estimate of drug-likeness (QED) is 0.733. The molecule has 0 radical (unpaired) electrons. The summed E-state index contributed by atoms with van der Waals surface area (Å²) in [6, 6.07) is 8.40. The molecule has 0 aromatic heterocycles. The van der Waals surface area contributed by atoms with E-state index in [1.807, 2.05) is 17.8 Å². The summed E-state index contributed by atoms with van der Waals surface area (Å²) in [4.78, 5) is 0. The van der Waals surface area contributed by atoms with Crippen molar-refractivity contribution < 1.29 is 4.74 Å². The van der Waals surface area contributed by atoms with Gasteiger partial charge < -0.3 is 4.74 Å². The van der Waals surface area contributed by atoms with Crippen LogP contribution in [0, 0.1) is 0 Å². The Balaban J connectivity index is 2.22. The summed E-state index contributed by atoms with van der Waals surface area (Å²) in [6.07, 6.45) is 1.14. The fraction of sp³-hybridized carbons (Fsp3) is 0.500. The summed E-state index contributed by atoms with van der Waals surface area (Å²) in [6.45, 7) is 5.37. The zero-order valence-electron chi connectivity index (χ0n) is 8.69. The van der Waals surface area contributed by atoms with E-state index < -0.39 is 0 Å². The molecule has 1 heterocycles. The topological polar surface area (TPSA) is 9.23 Å². The Bertz CT molecular complexity index is 309. The van der Waals surface area contributed by atoms with Crippen LogP contribution in [-0.2, 0) is 0 Å². The average Bonchev–Trinajstić information content (AvgIpc) is 2.18. The van der Waals surface area contributed by atoms with Crippen molar-refractivity contribution in [2.45, 2.75) is 30.8 Å². The van der Waals surface area contributed by atoms with Gasteiger partial charge in [-0.05, 0) is 17.7 Å². The Kier molecular flexibility index (Phi) is 3.02. The largest absolute Gasteiger partial charge is 0.493 e. The third-order valence-electron chi connectivity index (χ3n) is 2.34. The number of rotatable bonds is 2. The van der Waals surface area contributed by atoms with Crippen molar-refractivity contribution in [1.29, 1.82) is 0 Å². The van der Waals surface area contributed by atoms with E-state index in [4.69, 9.17) is 4.74 Å². The molecule has 14 heavy (non-hydrogen) atoms. The predicted octanol–water partition coefficient (Wildman–Crippen LogP) is 3.65. The van der Waals surface area contributed by atoms with Crippen LogP contribution in [0.5, 0.6) is 5.75 Å². The molecule has 0 saturated carbocycles. The molecule has 0 amide bonds. The SMILES string of the molecule is CC(C)SC1CCOc2ccccc21. The molecule has 1 atom stereocenters.